The number of halogens is 2. The van der Waals surface area contributed by atoms with Crippen molar-refractivity contribution in [1.82, 2.24) is 20.2 Å². The van der Waals surface area contributed by atoms with Gasteiger partial charge in [0, 0.05) is 19.1 Å². The van der Waals surface area contributed by atoms with Gasteiger partial charge >= 0.3 is 0 Å². The van der Waals surface area contributed by atoms with E-state index in [1.54, 1.807) is 0 Å². The minimum atomic E-state index is 0. The Balaban J connectivity index is 0.00000131. The van der Waals surface area contributed by atoms with Crippen LogP contribution in [0, 0.1) is 12.8 Å². The highest BCUT2D eigenvalue weighted by atomic mass is 35.5. The first-order valence-corrected chi connectivity index (χ1v) is 9.68. The second-order valence-corrected chi connectivity index (χ2v) is 7.55. The maximum Gasteiger partial charge on any atom is 0.237 e. The predicted molar refractivity (Wildman–Crippen MR) is 114 cm³/mol. The monoisotopic (exact) mass is 412 g/mol. The standard InChI is InChI=1S/C20H28N4O.2ClH/c1-14-22-17-9-4-5-10-19(17)24(14)12-6-11-21-20(25)18-13-15-7-2-3-8-16(15)23-18;;/h4-5,9-10,15-16,18,23H,2-3,6-8,11-13H2,1H3,(H,21,25);2*1H. The molecule has 0 spiro atoms. The van der Waals surface area contributed by atoms with Crippen LogP contribution in [0.25, 0.3) is 11.0 Å². The number of hydrogen-bond acceptors (Lipinski definition) is 3. The van der Waals surface area contributed by atoms with E-state index in [0.29, 0.717) is 12.0 Å². The lowest BCUT2D eigenvalue weighted by Gasteiger charge is -2.24. The molecule has 2 heterocycles. The number of nitrogens with one attached hydrogen (secondary N) is 2. The molecule has 2 aromatic rings. The number of benzene rings is 1. The van der Waals surface area contributed by atoms with Gasteiger partial charge < -0.3 is 15.2 Å². The first kappa shape index (κ1) is 22.0. The van der Waals surface area contributed by atoms with Crippen LogP contribution in [-0.4, -0.2) is 34.1 Å². The highest BCUT2D eigenvalue weighted by Crippen LogP contribution is 2.33. The topological polar surface area (TPSA) is 59.0 Å². The Kier molecular flexibility index (Phi) is 7.95. The second kappa shape index (κ2) is 9.76. The van der Waals surface area contributed by atoms with E-state index in [-0.39, 0.29) is 36.8 Å². The van der Waals surface area contributed by atoms with Crippen LogP contribution in [0.3, 0.4) is 0 Å². The van der Waals surface area contributed by atoms with Crippen LogP contribution in [-0.2, 0) is 11.3 Å². The number of nitrogens with zero attached hydrogens (tertiary/aromatic N) is 2. The second-order valence-electron chi connectivity index (χ2n) is 7.55. The van der Waals surface area contributed by atoms with Crippen molar-refractivity contribution in [2.24, 2.45) is 5.92 Å². The van der Waals surface area contributed by atoms with Crippen molar-refractivity contribution in [2.75, 3.05) is 6.54 Å². The van der Waals surface area contributed by atoms with Crippen LogP contribution in [0.1, 0.15) is 44.3 Å². The van der Waals surface area contributed by atoms with Gasteiger partial charge in [-0.3, -0.25) is 4.79 Å². The molecule has 1 aliphatic heterocycles. The summed E-state index contributed by atoms with van der Waals surface area (Å²) in [6, 6.07) is 8.82. The predicted octanol–water partition coefficient (Wildman–Crippen LogP) is 3.62. The van der Waals surface area contributed by atoms with Gasteiger partial charge in [-0.15, -0.1) is 24.8 Å². The molecule has 2 aliphatic rings. The third-order valence-corrected chi connectivity index (χ3v) is 5.88. The number of imidazole rings is 1. The molecule has 2 N–H and O–H groups in total. The zero-order valence-corrected chi connectivity index (χ0v) is 17.5. The first-order chi connectivity index (χ1) is 12.2. The molecule has 4 rings (SSSR count). The van der Waals surface area contributed by atoms with Crippen LogP contribution < -0.4 is 10.6 Å². The van der Waals surface area contributed by atoms with Crippen LogP contribution in [0.5, 0.6) is 0 Å². The fourth-order valence-corrected chi connectivity index (χ4v) is 4.57. The number of carbonyl (C=O) groups excluding carboxylic acids is 1. The minimum Gasteiger partial charge on any atom is -0.355 e. The van der Waals surface area contributed by atoms with E-state index in [4.69, 9.17) is 0 Å². The molecule has 3 unspecified atom stereocenters. The van der Waals surface area contributed by atoms with E-state index in [1.165, 1.54) is 31.2 Å². The normalized spacial score (nSPS) is 24.0. The van der Waals surface area contributed by atoms with E-state index in [9.17, 15) is 4.79 Å². The Morgan fingerprint density at radius 2 is 2.04 bits per heavy atom. The molecule has 1 saturated carbocycles. The Hall–Kier alpha value is -1.30. The number of amides is 1. The van der Waals surface area contributed by atoms with Crippen molar-refractivity contribution in [3.63, 3.8) is 0 Å². The smallest absolute Gasteiger partial charge is 0.237 e. The molecule has 150 valence electrons. The fraction of sp³-hybridized carbons (Fsp3) is 0.600. The third-order valence-electron chi connectivity index (χ3n) is 5.88. The molecule has 1 aliphatic carbocycles. The zero-order chi connectivity index (χ0) is 17.2. The van der Waals surface area contributed by atoms with Gasteiger partial charge in [0.25, 0.3) is 0 Å². The van der Waals surface area contributed by atoms with Crippen LogP contribution in [0.4, 0.5) is 0 Å². The van der Waals surface area contributed by atoms with Crippen molar-refractivity contribution in [3.8, 4) is 0 Å². The molecule has 1 aromatic carbocycles. The van der Waals surface area contributed by atoms with Crippen LogP contribution >= 0.6 is 24.8 Å². The molecule has 1 aromatic heterocycles. The number of carbonyl (C=O) groups is 1. The summed E-state index contributed by atoms with van der Waals surface area (Å²) in [6.07, 6.45) is 7.10. The quantitative estimate of drug-likeness (QED) is 0.737. The Labute approximate surface area is 173 Å². The molecular formula is C20H30Cl2N4O. The molecule has 0 radical (unpaired) electrons. The van der Waals surface area contributed by atoms with E-state index in [1.807, 2.05) is 25.1 Å². The number of para-hydroxylation sites is 2. The lowest BCUT2D eigenvalue weighted by molar-refractivity contribution is -0.122. The lowest BCUT2D eigenvalue weighted by Crippen LogP contribution is -2.43. The van der Waals surface area contributed by atoms with Gasteiger partial charge in [-0.2, -0.15) is 0 Å². The van der Waals surface area contributed by atoms with Crippen molar-refractivity contribution >= 4 is 41.8 Å². The fourth-order valence-electron chi connectivity index (χ4n) is 4.57. The minimum absolute atomic E-state index is 0. The van der Waals surface area contributed by atoms with Gasteiger partial charge in [0.1, 0.15) is 5.82 Å². The summed E-state index contributed by atoms with van der Waals surface area (Å²) in [4.78, 5) is 17.0. The van der Waals surface area contributed by atoms with Gasteiger partial charge in [-0.25, -0.2) is 4.98 Å². The average Bonchev–Trinajstić information content (AvgIpc) is 3.19. The molecular weight excluding hydrogens is 383 g/mol. The Morgan fingerprint density at radius 1 is 1.26 bits per heavy atom. The SMILES string of the molecule is Cc1nc2ccccc2n1CCCNC(=O)C1CC2CCCCC2N1.Cl.Cl. The maximum atomic E-state index is 12.4. The molecule has 7 heteroatoms. The van der Waals surface area contributed by atoms with Crippen LogP contribution in [0.15, 0.2) is 24.3 Å². The summed E-state index contributed by atoms with van der Waals surface area (Å²) >= 11 is 0. The number of aromatic nitrogens is 2. The Morgan fingerprint density at radius 3 is 2.85 bits per heavy atom. The summed E-state index contributed by atoms with van der Waals surface area (Å²) in [5, 5.41) is 6.68. The molecule has 27 heavy (non-hydrogen) atoms. The highest BCUT2D eigenvalue weighted by Gasteiger charge is 2.37. The number of fused-ring (bicyclic) bond motifs is 2. The molecule has 3 atom stereocenters. The summed E-state index contributed by atoms with van der Waals surface area (Å²) in [7, 11) is 0. The van der Waals surface area contributed by atoms with E-state index >= 15 is 0 Å². The molecule has 0 bridgehead atoms. The summed E-state index contributed by atoms with van der Waals surface area (Å²) in [5.74, 6) is 1.93. The van der Waals surface area contributed by atoms with Crippen molar-refractivity contribution in [2.45, 2.75) is 64.1 Å². The van der Waals surface area contributed by atoms with Crippen molar-refractivity contribution < 1.29 is 4.79 Å². The molecule has 1 saturated heterocycles. The molecule has 1 amide bonds. The zero-order valence-electron chi connectivity index (χ0n) is 15.8. The average molecular weight is 413 g/mol. The van der Waals surface area contributed by atoms with Gasteiger partial charge in [-0.05, 0) is 50.7 Å². The van der Waals surface area contributed by atoms with E-state index < -0.39 is 0 Å². The summed E-state index contributed by atoms with van der Waals surface area (Å²) < 4.78 is 2.24. The number of rotatable bonds is 5. The van der Waals surface area contributed by atoms with Crippen molar-refractivity contribution in [3.05, 3.63) is 30.1 Å². The highest BCUT2D eigenvalue weighted by molar-refractivity contribution is 5.85. The summed E-state index contributed by atoms with van der Waals surface area (Å²) in [6.45, 7) is 3.65. The van der Waals surface area contributed by atoms with E-state index in [0.717, 1.165) is 37.3 Å². The van der Waals surface area contributed by atoms with Crippen LogP contribution in [0.2, 0.25) is 0 Å². The van der Waals surface area contributed by atoms with Gasteiger partial charge in [0.15, 0.2) is 0 Å². The maximum absolute atomic E-state index is 12.4. The first-order valence-electron chi connectivity index (χ1n) is 9.68. The number of aryl methyl sites for hydroxylation is 2. The van der Waals surface area contributed by atoms with Gasteiger partial charge in [-0.1, -0.05) is 25.0 Å². The van der Waals surface area contributed by atoms with Gasteiger partial charge in [0.2, 0.25) is 5.91 Å². The van der Waals surface area contributed by atoms with Crippen molar-refractivity contribution in [1.29, 1.82) is 0 Å². The molecule has 2 fully saturated rings. The third kappa shape index (κ3) is 4.76. The van der Waals surface area contributed by atoms with E-state index in [2.05, 4.69) is 26.3 Å². The largest absolute Gasteiger partial charge is 0.355 e. The number of hydrogen-bond donors (Lipinski definition) is 2. The summed E-state index contributed by atoms with van der Waals surface area (Å²) in [5.41, 5.74) is 2.22. The lowest BCUT2D eigenvalue weighted by atomic mass is 9.85. The molecule has 5 nitrogen and oxygen atoms in total. The van der Waals surface area contributed by atoms with Gasteiger partial charge in [0.05, 0.1) is 17.1 Å². The Bertz CT molecular complexity index is 750.